The molecule has 0 aliphatic carbocycles. The molecule has 1 rings (SSSR count). The van der Waals surface area contributed by atoms with E-state index >= 15 is 0 Å². The van der Waals surface area contributed by atoms with Gasteiger partial charge < -0.3 is 15.7 Å². The number of carbonyl (C=O) groups is 1. The number of hydrogen-bond donors (Lipinski definition) is 3. The van der Waals surface area contributed by atoms with E-state index < -0.39 is 6.10 Å². The maximum Gasteiger partial charge on any atom is 0.315 e. The summed E-state index contributed by atoms with van der Waals surface area (Å²) < 4.78 is 0. The first kappa shape index (κ1) is 17.1. The first-order chi connectivity index (χ1) is 9.58. The van der Waals surface area contributed by atoms with Gasteiger partial charge in [0.2, 0.25) is 0 Å². The largest absolute Gasteiger partial charge is 0.387 e. The number of thioether (sulfide) groups is 1. The summed E-state index contributed by atoms with van der Waals surface area (Å²) in [5, 5.41) is 16.0. The second-order valence-corrected chi connectivity index (χ2v) is 5.77. The fourth-order valence-electron chi connectivity index (χ4n) is 1.74. The summed E-state index contributed by atoms with van der Waals surface area (Å²) in [6.07, 6.45) is 2.07. The second kappa shape index (κ2) is 9.10. The highest BCUT2D eigenvalue weighted by Crippen LogP contribution is 2.21. The smallest absolute Gasteiger partial charge is 0.315 e. The van der Waals surface area contributed by atoms with Crippen molar-refractivity contribution in [3.8, 4) is 0 Å². The van der Waals surface area contributed by atoms with Crippen molar-refractivity contribution in [2.24, 2.45) is 0 Å². The van der Waals surface area contributed by atoms with Crippen LogP contribution in [0.2, 0.25) is 5.02 Å². The molecule has 1 aromatic rings. The van der Waals surface area contributed by atoms with Crippen LogP contribution in [0, 0.1) is 0 Å². The van der Waals surface area contributed by atoms with Gasteiger partial charge in [-0.2, -0.15) is 11.8 Å². The van der Waals surface area contributed by atoms with E-state index in [1.165, 1.54) is 0 Å². The predicted molar refractivity (Wildman–Crippen MR) is 85.4 cm³/mol. The van der Waals surface area contributed by atoms with Gasteiger partial charge in [0.25, 0.3) is 0 Å². The van der Waals surface area contributed by atoms with Gasteiger partial charge in [-0.1, -0.05) is 36.7 Å². The Morgan fingerprint density at radius 3 is 2.75 bits per heavy atom. The van der Waals surface area contributed by atoms with Crippen molar-refractivity contribution in [1.29, 1.82) is 0 Å². The quantitative estimate of drug-likeness (QED) is 0.725. The Labute approximate surface area is 129 Å². The number of amides is 2. The Hall–Kier alpha value is -0.910. The minimum Gasteiger partial charge on any atom is -0.387 e. The molecule has 3 N–H and O–H groups in total. The minimum atomic E-state index is -0.810. The van der Waals surface area contributed by atoms with Gasteiger partial charge >= 0.3 is 6.03 Å². The summed E-state index contributed by atoms with van der Waals surface area (Å²) >= 11 is 7.68. The van der Waals surface area contributed by atoms with Gasteiger partial charge in [0.05, 0.1) is 6.10 Å². The molecule has 0 spiro atoms. The van der Waals surface area contributed by atoms with Gasteiger partial charge in [-0.3, -0.25) is 0 Å². The first-order valence-electron chi connectivity index (χ1n) is 6.54. The summed E-state index contributed by atoms with van der Waals surface area (Å²) in [7, 11) is 0. The lowest BCUT2D eigenvalue weighted by atomic mass is 10.1. The topological polar surface area (TPSA) is 61.4 Å². The lowest BCUT2D eigenvalue weighted by Gasteiger charge is -2.18. The lowest BCUT2D eigenvalue weighted by molar-refractivity contribution is 0.172. The SMILES string of the molecule is CCC(CSC)NC(=O)NCC(O)c1ccccc1Cl. The van der Waals surface area contributed by atoms with Crippen LogP contribution in [0.3, 0.4) is 0 Å². The molecule has 1 aromatic carbocycles. The molecule has 0 saturated carbocycles. The third-order valence-corrected chi connectivity index (χ3v) is 4.00. The second-order valence-electron chi connectivity index (χ2n) is 4.45. The average Bonchev–Trinajstić information content (AvgIpc) is 2.44. The van der Waals surface area contributed by atoms with Crippen molar-refractivity contribution in [1.82, 2.24) is 10.6 Å². The fourth-order valence-corrected chi connectivity index (χ4v) is 2.73. The molecule has 20 heavy (non-hydrogen) atoms. The molecule has 2 amide bonds. The molecule has 2 atom stereocenters. The number of aliphatic hydroxyl groups excluding tert-OH is 1. The van der Waals surface area contributed by atoms with Gasteiger partial charge in [-0.25, -0.2) is 4.79 Å². The van der Waals surface area contributed by atoms with Gasteiger partial charge in [0, 0.05) is 28.9 Å². The lowest BCUT2D eigenvalue weighted by Crippen LogP contribution is -2.44. The zero-order valence-corrected chi connectivity index (χ0v) is 13.3. The summed E-state index contributed by atoms with van der Waals surface area (Å²) in [5.41, 5.74) is 0.616. The van der Waals surface area contributed by atoms with Crippen LogP contribution in [-0.4, -0.2) is 35.7 Å². The number of nitrogens with one attached hydrogen (secondary N) is 2. The number of hydrogen-bond acceptors (Lipinski definition) is 3. The third-order valence-electron chi connectivity index (χ3n) is 2.92. The third kappa shape index (κ3) is 5.61. The van der Waals surface area contributed by atoms with E-state index in [1.807, 2.05) is 13.2 Å². The van der Waals surface area contributed by atoms with Crippen molar-refractivity contribution >= 4 is 29.4 Å². The molecule has 0 radical (unpaired) electrons. The van der Waals surface area contributed by atoms with Crippen LogP contribution in [-0.2, 0) is 0 Å². The maximum absolute atomic E-state index is 11.7. The highest BCUT2D eigenvalue weighted by atomic mass is 35.5. The maximum atomic E-state index is 11.7. The Morgan fingerprint density at radius 1 is 1.45 bits per heavy atom. The zero-order chi connectivity index (χ0) is 15.0. The van der Waals surface area contributed by atoms with Crippen molar-refractivity contribution in [3.63, 3.8) is 0 Å². The molecule has 0 fully saturated rings. The van der Waals surface area contributed by atoms with Gasteiger partial charge in [-0.05, 0) is 18.7 Å². The van der Waals surface area contributed by atoms with Crippen LogP contribution in [0.25, 0.3) is 0 Å². The highest BCUT2D eigenvalue weighted by molar-refractivity contribution is 7.98. The molecule has 2 unspecified atom stereocenters. The Kier molecular flexibility index (Phi) is 7.80. The molecular formula is C14H21ClN2O2S. The average molecular weight is 317 g/mol. The van der Waals surface area contributed by atoms with Crippen molar-refractivity contribution in [2.45, 2.75) is 25.5 Å². The Morgan fingerprint density at radius 2 is 2.15 bits per heavy atom. The molecule has 0 saturated heterocycles. The van der Waals surface area contributed by atoms with Crippen molar-refractivity contribution in [3.05, 3.63) is 34.9 Å². The molecule has 0 aliphatic heterocycles. The summed E-state index contributed by atoms with van der Waals surface area (Å²) in [4.78, 5) is 11.7. The monoisotopic (exact) mass is 316 g/mol. The Bertz CT molecular complexity index is 431. The summed E-state index contributed by atoms with van der Waals surface area (Å²) in [6, 6.07) is 6.93. The molecule has 6 heteroatoms. The highest BCUT2D eigenvalue weighted by Gasteiger charge is 2.14. The van der Waals surface area contributed by atoms with Gasteiger partial charge in [0.1, 0.15) is 0 Å². The molecule has 0 bridgehead atoms. The van der Waals surface area contributed by atoms with Crippen LogP contribution >= 0.6 is 23.4 Å². The molecule has 4 nitrogen and oxygen atoms in total. The Balaban J connectivity index is 2.42. The normalized spacial score (nSPS) is 13.6. The summed E-state index contributed by atoms with van der Waals surface area (Å²) in [5.74, 6) is 0.872. The van der Waals surface area contributed by atoms with E-state index in [2.05, 4.69) is 10.6 Å². The van der Waals surface area contributed by atoms with Crippen LogP contribution in [0.4, 0.5) is 4.79 Å². The van der Waals surface area contributed by atoms with Crippen molar-refractivity contribution in [2.75, 3.05) is 18.6 Å². The van der Waals surface area contributed by atoms with Gasteiger partial charge in [-0.15, -0.1) is 0 Å². The molecule has 112 valence electrons. The summed E-state index contributed by atoms with van der Waals surface area (Å²) in [6.45, 7) is 2.16. The van der Waals surface area contributed by atoms with Crippen LogP contribution in [0.1, 0.15) is 25.0 Å². The number of urea groups is 1. The van der Waals surface area contributed by atoms with E-state index in [0.717, 1.165) is 12.2 Å². The first-order valence-corrected chi connectivity index (χ1v) is 8.31. The molecular weight excluding hydrogens is 296 g/mol. The van der Waals surface area contributed by atoms with E-state index in [9.17, 15) is 9.90 Å². The number of halogens is 1. The minimum absolute atomic E-state index is 0.130. The van der Waals surface area contributed by atoms with Gasteiger partial charge in [0.15, 0.2) is 0 Å². The van der Waals surface area contributed by atoms with E-state index in [0.29, 0.717) is 10.6 Å². The number of aliphatic hydroxyl groups is 1. The van der Waals surface area contributed by atoms with Crippen molar-refractivity contribution < 1.29 is 9.90 Å². The molecule has 0 heterocycles. The van der Waals surface area contributed by atoms with Crippen LogP contribution in [0.5, 0.6) is 0 Å². The van der Waals surface area contributed by atoms with Crippen LogP contribution in [0.15, 0.2) is 24.3 Å². The molecule has 0 aliphatic rings. The number of rotatable bonds is 7. The van der Waals surface area contributed by atoms with E-state index in [4.69, 9.17) is 11.6 Å². The zero-order valence-electron chi connectivity index (χ0n) is 11.7. The number of carbonyl (C=O) groups excluding carboxylic acids is 1. The number of benzene rings is 1. The molecule has 0 aromatic heterocycles. The van der Waals surface area contributed by atoms with E-state index in [1.54, 1.807) is 36.0 Å². The van der Waals surface area contributed by atoms with Crippen LogP contribution < -0.4 is 10.6 Å². The van der Waals surface area contributed by atoms with E-state index in [-0.39, 0.29) is 18.6 Å². The fraction of sp³-hybridized carbons (Fsp3) is 0.500. The predicted octanol–water partition coefficient (Wildman–Crippen LogP) is 2.81. The standard InChI is InChI=1S/C14H21ClN2O2S/c1-3-10(9-20-2)17-14(19)16-8-13(18)11-6-4-5-7-12(11)15/h4-7,10,13,18H,3,8-9H2,1-2H3,(H2,16,17,19).